The van der Waals surface area contributed by atoms with Crippen molar-refractivity contribution in [2.45, 2.75) is 56.9 Å². The van der Waals surface area contributed by atoms with E-state index in [0.717, 1.165) is 18.4 Å². The first-order valence-electron chi connectivity index (χ1n) is 9.17. The van der Waals surface area contributed by atoms with E-state index in [1.54, 1.807) is 38.3 Å². The van der Waals surface area contributed by atoms with Gasteiger partial charge in [0.25, 0.3) is 10.0 Å². The number of methoxy groups -OCH3 is 1. The van der Waals surface area contributed by atoms with Crippen molar-refractivity contribution in [3.05, 3.63) is 35.4 Å². The summed E-state index contributed by atoms with van der Waals surface area (Å²) in [6.45, 7) is 3.54. The first-order valence-corrected chi connectivity index (χ1v) is 10.7. The van der Waals surface area contributed by atoms with E-state index in [1.807, 2.05) is 6.92 Å². The number of aromatic nitrogens is 2. The van der Waals surface area contributed by atoms with Crippen LogP contribution in [0.5, 0.6) is 5.75 Å². The van der Waals surface area contributed by atoms with E-state index in [-0.39, 0.29) is 10.7 Å². The van der Waals surface area contributed by atoms with E-state index < -0.39 is 10.0 Å². The summed E-state index contributed by atoms with van der Waals surface area (Å²) in [5, 5.41) is 11.5. The van der Waals surface area contributed by atoms with E-state index in [1.165, 1.54) is 19.3 Å². The third-order valence-electron chi connectivity index (χ3n) is 4.84. The second-order valence-electron chi connectivity index (χ2n) is 6.98. The molecule has 0 saturated heterocycles. The molecule has 0 atom stereocenters. The lowest BCUT2D eigenvalue weighted by Crippen LogP contribution is -2.23. The van der Waals surface area contributed by atoms with Crippen LogP contribution in [0.2, 0.25) is 0 Å². The second-order valence-corrected chi connectivity index (χ2v) is 8.63. The van der Waals surface area contributed by atoms with Crippen LogP contribution in [0.3, 0.4) is 0 Å². The highest BCUT2D eigenvalue weighted by Crippen LogP contribution is 2.27. The maximum atomic E-state index is 12.7. The minimum Gasteiger partial charge on any atom is -0.496 e. The lowest BCUT2D eigenvalue weighted by atomic mass is 9.95. The zero-order valence-electron chi connectivity index (χ0n) is 15.9. The van der Waals surface area contributed by atoms with Crippen LogP contribution in [-0.2, 0) is 10.0 Å². The summed E-state index contributed by atoms with van der Waals surface area (Å²) in [7, 11) is -2.20. The van der Waals surface area contributed by atoms with Crippen molar-refractivity contribution in [1.29, 1.82) is 0 Å². The Morgan fingerprint density at radius 1 is 1.00 bits per heavy atom. The molecule has 2 N–H and O–H groups in total. The van der Waals surface area contributed by atoms with Gasteiger partial charge in [-0.05, 0) is 62.1 Å². The second kappa shape index (κ2) is 8.12. The van der Waals surface area contributed by atoms with Crippen molar-refractivity contribution in [3.8, 4) is 5.75 Å². The minimum atomic E-state index is -3.76. The quantitative estimate of drug-likeness (QED) is 0.782. The minimum absolute atomic E-state index is 0.192. The van der Waals surface area contributed by atoms with Crippen molar-refractivity contribution >= 4 is 21.7 Å². The van der Waals surface area contributed by atoms with Crippen LogP contribution in [0.1, 0.15) is 43.2 Å². The van der Waals surface area contributed by atoms with Gasteiger partial charge >= 0.3 is 0 Å². The van der Waals surface area contributed by atoms with Crippen molar-refractivity contribution in [1.82, 2.24) is 10.2 Å². The molecule has 1 aliphatic rings. The Labute approximate surface area is 160 Å². The number of sulfonamides is 1. The van der Waals surface area contributed by atoms with Gasteiger partial charge in [-0.15, -0.1) is 10.2 Å². The molecule has 0 aliphatic heterocycles. The fourth-order valence-corrected chi connectivity index (χ4v) is 4.69. The zero-order chi connectivity index (χ0) is 19.4. The van der Waals surface area contributed by atoms with Gasteiger partial charge < -0.3 is 10.1 Å². The van der Waals surface area contributed by atoms with Gasteiger partial charge in [-0.2, -0.15) is 0 Å². The Morgan fingerprint density at radius 3 is 2.30 bits per heavy atom. The standard InChI is InChI=1S/C19H26N4O3S/c1-13-12-17(14(2)11-16(13)26-3)27(24,25)23-19-10-9-18(21-22-19)20-15-7-5-4-6-8-15/h9-12,15H,4-8H2,1-3H3,(H,20,21)(H,22,23). The summed E-state index contributed by atoms with van der Waals surface area (Å²) < 4.78 is 33.2. The maximum Gasteiger partial charge on any atom is 0.263 e. The molecular formula is C19H26N4O3S. The van der Waals surface area contributed by atoms with Crippen LogP contribution in [0.25, 0.3) is 0 Å². The molecule has 27 heavy (non-hydrogen) atoms. The molecule has 2 aromatic rings. The summed E-state index contributed by atoms with van der Waals surface area (Å²) in [4.78, 5) is 0.201. The van der Waals surface area contributed by atoms with Gasteiger partial charge in [-0.3, -0.25) is 4.72 Å². The van der Waals surface area contributed by atoms with Gasteiger partial charge in [0, 0.05) is 6.04 Å². The summed E-state index contributed by atoms with van der Waals surface area (Å²) in [6.07, 6.45) is 6.00. The van der Waals surface area contributed by atoms with E-state index >= 15 is 0 Å². The van der Waals surface area contributed by atoms with Gasteiger partial charge in [-0.1, -0.05) is 19.3 Å². The van der Waals surface area contributed by atoms with Crippen LogP contribution in [0.15, 0.2) is 29.2 Å². The molecule has 0 radical (unpaired) electrons. The molecule has 146 valence electrons. The monoisotopic (exact) mass is 390 g/mol. The number of nitrogens with one attached hydrogen (secondary N) is 2. The highest BCUT2D eigenvalue weighted by molar-refractivity contribution is 7.92. The fraction of sp³-hybridized carbons (Fsp3) is 0.474. The highest BCUT2D eigenvalue weighted by Gasteiger charge is 2.20. The Hall–Kier alpha value is -2.35. The zero-order valence-corrected chi connectivity index (χ0v) is 16.8. The summed E-state index contributed by atoms with van der Waals surface area (Å²) in [5.41, 5.74) is 1.36. The highest BCUT2D eigenvalue weighted by atomic mass is 32.2. The predicted molar refractivity (Wildman–Crippen MR) is 106 cm³/mol. The first kappa shape index (κ1) is 19.4. The molecule has 1 aromatic heterocycles. The smallest absolute Gasteiger partial charge is 0.263 e. The molecule has 0 spiro atoms. The summed E-state index contributed by atoms with van der Waals surface area (Å²) >= 11 is 0. The van der Waals surface area contributed by atoms with Crippen molar-refractivity contribution in [2.75, 3.05) is 17.1 Å². The van der Waals surface area contributed by atoms with Gasteiger partial charge in [0.2, 0.25) is 0 Å². The predicted octanol–water partition coefficient (Wildman–Crippen LogP) is 3.65. The van der Waals surface area contributed by atoms with Crippen molar-refractivity contribution in [2.24, 2.45) is 0 Å². The number of aryl methyl sites for hydroxylation is 2. The molecule has 1 aliphatic carbocycles. The van der Waals surface area contributed by atoms with E-state index in [0.29, 0.717) is 23.2 Å². The van der Waals surface area contributed by atoms with Gasteiger partial charge in [0.15, 0.2) is 5.82 Å². The van der Waals surface area contributed by atoms with Crippen LogP contribution in [0.4, 0.5) is 11.6 Å². The number of ether oxygens (including phenoxy) is 1. The number of benzene rings is 1. The molecule has 0 amide bonds. The van der Waals surface area contributed by atoms with E-state index in [2.05, 4.69) is 20.2 Å². The van der Waals surface area contributed by atoms with Gasteiger partial charge in [0.1, 0.15) is 11.6 Å². The van der Waals surface area contributed by atoms with Crippen molar-refractivity contribution < 1.29 is 13.2 Å². The molecule has 8 heteroatoms. The average Bonchev–Trinajstić information content (AvgIpc) is 2.65. The molecule has 0 unspecified atom stereocenters. The molecule has 1 saturated carbocycles. The Balaban J connectivity index is 1.73. The normalized spacial score (nSPS) is 15.4. The molecule has 0 bridgehead atoms. The Kier molecular flexibility index (Phi) is 5.84. The van der Waals surface area contributed by atoms with E-state index in [9.17, 15) is 8.42 Å². The van der Waals surface area contributed by atoms with Crippen LogP contribution in [-0.4, -0.2) is 31.8 Å². The fourth-order valence-electron chi connectivity index (χ4n) is 3.39. The van der Waals surface area contributed by atoms with E-state index in [4.69, 9.17) is 4.74 Å². The number of nitrogens with zero attached hydrogens (tertiary/aromatic N) is 2. The number of hydrogen-bond acceptors (Lipinski definition) is 6. The lowest BCUT2D eigenvalue weighted by Gasteiger charge is -2.22. The third kappa shape index (κ3) is 4.68. The molecule has 1 fully saturated rings. The molecular weight excluding hydrogens is 364 g/mol. The summed E-state index contributed by atoms with van der Waals surface area (Å²) in [6, 6.07) is 7.11. The average molecular weight is 391 g/mol. The van der Waals surface area contributed by atoms with Gasteiger partial charge in [-0.25, -0.2) is 8.42 Å². The number of rotatable bonds is 6. The van der Waals surface area contributed by atoms with Crippen LogP contribution >= 0.6 is 0 Å². The molecule has 1 aromatic carbocycles. The van der Waals surface area contributed by atoms with Crippen molar-refractivity contribution in [3.63, 3.8) is 0 Å². The van der Waals surface area contributed by atoms with Crippen LogP contribution in [0, 0.1) is 13.8 Å². The Morgan fingerprint density at radius 2 is 1.67 bits per heavy atom. The Bertz CT molecular complexity index is 892. The largest absolute Gasteiger partial charge is 0.496 e. The van der Waals surface area contributed by atoms with Gasteiger partial charge in [0.05, 0.1) is 12.0 Å². The first-order chi connectivity index (χ1) is 12.9. The SMILES string of the molecule is COc1cc(C)c(S(=O)(=O)Nc2ccc(NC3CCCCC3)nn2)cc1C. The number of anilines is 2. The number of hydrogen-bond donors (Lipinski definition) is 2. The molecule has 1 heterocycles. The van der Waals surface area contributed by atoms with Crippen LogP contribution < -0.4 is 14.8 Å². The lowest BCUT2D eigenvalue weighted by molar-refractivity contribution is 0.411. The maximum absolute atomic E-state index is 12.7. The molecule has 7 nitrogen and oxygen atoms in total. The topological polar surface area (TPSA) is 93.2 Å². The third-order valence-corrected chi connectivity index (χ3v) is 6.34. The summed E-state index contributed by atoms with van der Waals surface area (Å²) in [5.74, 6) is 1.52. The molecule has 3 rings (SSSR count).